The van der Waals surface area contributed by atoms with E-state index in [0.717, 1.165) is 52.3 Å². The fourth-order valence-corrected chi connectivity index (χ4v) is 4.59. The van der Waals surface area contributed by atoms with Gasteiger partial charge in [-0.1, -0.05) is 30.3 Å². The molecule has 0 atom stereocenters. The average molecular weight is 378 g/mol. The Labute approximate surface area is 163 Å². The number of rotatable bonds is 4. The third-order valence-corrected chi connectivity index (χ3v) is 6.09. The van der Waals surface area contributed by atoms with Crippen LogP contribution in [0.15, 0.2) is 41.9 Å². The molecular weight excluding hydrogens is 354 g/mol. The average Bonchev–Trinajstić information content (AvgIpc) is 3.09. The standard InChI is InChI=1S/C22H23N3OS/c1-14-19(18-8-9-23-10-17(18)11-24-14)12-25-22(26)20-13-27-15(2)21(20)16-6-4-3-5-7-16/h3-7,11,13,23H,8-10,12H2,1-2H3,(H,25,26). The van der Waals surface area contributed by atoms with E-state index in [9.17, 15) is 4.79 Å². The molecule has 3 aromatic rings. The van der Waals surface area contributed by atoms with Gasteiger partial charge >= 0.3 is 0 Å². The molecule has 0 fully saturated rings. The molecule has 5 heteroatoms. The predicted octanol–water partition coefficient (Wildman–Crippen LogP) is 4.00. The molecule has 1 aromatic carbocycles. The number of nitrogens with zero attached hydrogens (tertiary/aromatic N) is 1. The molecule has 1 amide bonds. The number of fused-ring (bicyclic) bond motifs is 1. The van der Waals surface area contributed by atoms with Crippen molar-refractivity contribution in [2.45, 2.75) is 33.4 Å². The molecule has 2 N–H and O–H groups in total. The van der Waals surface area contributed by atoms with E-state index in [1.165, 1.54) is 11.1 Å². The summed E-state index contributed by atoms with van der Waals surface area (Å²) in [5.74, 6) is -0.0239. The highest BCUT2D eigenvalue weighted by Crippen LogP contribution is 2.32. The van der Waals surface area contributed by atoms with Gasteiger partial charge in [-0.15, -0.1) is 11.3 Å². The van der Waals surface area contributed by atoms with Crippen molar-refractivity contribution in [2.75, 3.05) is 6.54 Å². The summed E-state index contributed by atoms with van der Waals surface area (Å²) >= 11 is 1.62. The molecule has 0 radical (unpaired) electrons. The zero-order valence-corrected chi connectivity index (χ0v) is 16.5. The van der Waals surface area contributed by atoms with Gasteiger partial charge in [0.05, 0.1) is 5.56 Å². The minimum absolute atomic E-state index is 0.0239. The van der Waals surface area contributed by atoms with Crippen molar-refractivity contribution in [1.82, 2.24) is 15.6 Å². The molecule has 4 nitrogen and oxygen atoms in total. The minimum Gasteiger partial charge on any atom is -0.348 e. The smallest absolute Gasteiger partial charge is 0.253 e. The van der Waals surface area contributed by atoms with Gasteiger partial charge in [-0.3, -0.25) is 9.78 Å². The van der Waals surface area contributed by atoms with E-state index < -0.39 is 0 Å². The largest absolute Gasteiger partial charge is 0.348 e. The van der Waals surface area contributed by atoms with Gasteiger partial charge in [-0.2, -0.15) is 0 Å². The monoisotopic (exact) mass is 377 g/mol. The second-order valence-electron chi connectivity index (χ2n) is 6.88. The molecule has 3 heterocycles. The van der Waals surface area contributed by atoms with Gasteiger partial charge < -0.3 is 10.6 Å². The first-order valence-electron chi connectivity index (χ1n) is 9.24. The summed E-state index contributed by atoms with van der Waals surface area (Å²) in [6, 6.07) is 10.1. The fraction of sp³-hybridized carbons (Fsp3) is 0.273. The zero-order chi connectivity index (χ0) is 18.8. The summed E-state index contributed by atoms with van der Waals surface area (Å²) in [6.07, 6.45) is 2.94. The van der Waals surface area contributed by atoms with Crippen LogP contribution in [0.2, 0.25) is 0 Å². The fourth-order valence-electron chi connectivity index (χ4n) is 3.73. The van der Waals surface area contributed by atoms with Crippen molar-refractivity contribution in [3.05, 3.63) is 74.7 Å². The maximum atomic E-state index is 13.0. The lowest BCUT2D eigenvalue weighted by atomic mass is 9.96. The first kappa shape index (κ1) is 17.9. The van der Waals surface area contributed by atoms with E-state index in [1.807, 2.05) is 36.7 Å². The normalized spacial score (nSPS) is 13.3. The number of pyridine rings is 1. The SMILES string of the molecule is Cc1ncc2c(c1CNC(=O)c1csc(C)c1-c1ccccc1)CCNC2. The highest BCUT2D eigenvalue weighted by molar-refractivity contribution is 7.10. The highest BCUT2D eigenvalue weighted by Gasteiger charge is 2.19. The van der Waals surface area contributed by atoms with Gasteiger partial charge in [0.15, 0.2) is 0 Å². The van der Waals surface area contributed by atoms with Gasteiger partial charge in [0, 0.05) is 40.8 Å². The number of hydrogen-bond acceptors (Lipinski definition) is 4. The molecule has 1 aliphatic heterocycles. The van der Waals surface area contributed by atoms with Crippen LogP contribution >= 0.6 is 11.3 Å². The minimum atomic E-state index is -0.0239. The molecule has 0 aliphatic carbocycles. The maximum Gasteiger partial charge on any atom is 0.253 e. The van der Waals surface area contributed by atoms with Gasteiger partial charge in [0.1, 0.15) is 0 Å². The van der Waals surface area contributed by atoms with E-state index in [1.54, 1.807) is 11.3 Å². The molecule has 1 aliphatic rings. The van der Waals surface area contributed by atoms with Crippen LogP contribution in [0.1, 0.15) is 37.6 Å². The second-order valence-corrected chi connectivity index (χ2v) is 7.97. The molecule has 0 saturated carbocycles. The van der Waals surface area contributed by atoms with Crippen LogP contribution < -0.4 is 10.6 Å². The summed E-state index contributed by atoms with van der Waals surface area (Å²) < 4.78 is 0. The van der Waals surface area contributed by atoms with Crippen LogP contribution in [0.4, 0.5) is 0 Å². The van der Waals surface area contributed by atoms with Gasteiger partial charge in [0.2, 0.25) is 0 Å². The molecule has 0 unspecified atom stereocenters. The molecule has 0 spiro atoms. The molecule has 138 valence electrons. The number of aromatic nitrogens is 1. The Bertz CT molecular complexity index is 979. The number of benzene rings is 1. The Morgan fingerprint density at radius 2 is 2.07 bits per heavy atom. The van der Waals surface area contributed by atoms with Crippen molar-refractivity contribution in [2.24, 2.45) is 0 Å². The van der Waals surface area contributed by atoms with Crippen LogP contribution in [0.3, 0.4) is 0 Å². The van der Waals surface area contributed by atoms with Crippen LogP contribution in [0, 0.1) is 13.8 Å². The summed E-state index contributed by atoms with van der Waals surface area (Å²) in [6.45, 7) is 6.43. The highest BCUT2D eigenvalue weighted by atomic mass is 32.1. The number of amides is 1. The van der Waals surface area contributed by atoms with Gasteiger partial charge in [0.25, 0.3) is 5.91 Å². The van der Waals surface area contributed by atoms with Crippen molar-refractivity contribution in [1.29, 1.82) is 0 Å². The molecule has 4 rings (SSSR count). The first-order chi connectivity index (χ1) is 13.1. The molecule has 0 bridgehead atoms. The van der Waals surface area contributed by atoms with Gasteiger partial charge in [-0.05, 0) is 49.1 Å². The maximum absolute atomic E-state index is 13.0. The summed E-state index contributed by atoms with van der Waals surface area (Å²) in [5.41, 5.74) is 7.62. The Kier molecular flexibility index (Phi) is 5.05. The van der Waals surface area contributed by atoms with Crippen LogP contribution in [-0.4, -0.2) is 17.4 Å². The predicted molar refractivity (Wildman–Crippen MR) is 110 cm³/mol. The Balaban J connectivity index is 1.59. The number of carbonyl (C=O) groups excluding carboxylic acids is 1. The number of aryl methyl sites for hydroxylation is 2. The third-order valence-electron chi connectivity index (χ3n) is 5.18. The lowest BCUT2D eigenvalue weighted by Crippen LogP contribution is -2.28. The van der Waals surface area contributed by atoms with E-state index in [2.05, 4.69) is 34.7 Å². The Hall–Kier alpha value is -2.50. The number of carbonyl (C=O) groups is 1. The van der Waals surface area contributed by atoms with Crippen molar-refractivity contribution in [3.63, 3.8) is 0 Å². The first-order valence-corrected chi connectivity index (χ1v) is 10.1. The lowest BCUT2D eigenvalue weighted by molar-refractivity contribution is 0.0952. The van der Waals surface area contributed by atoms with Crippen molar-refractivity contribution < 1.29 is 4.79 Å². The number of nitrogens with one attached hydrogen (secondary N) is 2. The lowest BCUT2D eigenvalue weighted by Gasteiger charge is -2.21. The van der Waals surface area contributed by atoms with Crippen LogP contribution in [0.5, 0.6) is 0 Å². The molecule has 27 heavy (non-hydrogen) atoms. The van der Waals surface area contributed by atoms with Crippen molar-refractivity contribution >= 4 is 17.2 Å². The quantitative estimate of drug-likeness (QED) is 0.722. The molecule has 0 saturated heterocycles. The second kappa shape index (κ2) is 7.62. The van der Waals surface area contributed by atoms with Gasteiger partial charge in [-0.25, -0.2) is 0 Å². The number of hydrogen-bond donors (Lipinski definition) is 2. The summed E-state index contributed by atoms with van der Waals surface area (Å²) in [5, 5.41) is 8.48. The topological polar surface area (TPSA) is 54.0 Å². The van der Waals surface area contributed by atoms with Crippen LogP contribution in [0.25, 0.3) is 11.1 Å². The van der Waals surface area contributed by atoms with Crippen molar-refractivity contribution in [3.8, 4) is 11.1 Å². The van der Waals surface area contributed by atoms with Crippen LogP contribution in [-0.2, 0) is 19.5 Å². The third kappa shape index (κ3) is 3.53. The zero-order valence-electron chi connectivity index (χ0n) is 15.6. The van der Waals surface area contributed by atoms with E-state index >= 15 is 0 Å². The van der Waals surface area contributed by atoms with E-state index in [0.29, 0.717) is 6.54 Å². The Morgan fingerprint density at radius 1 is 1.26 bits per heavy atom. The molecular formula is C22H23N3OS. The van der Waals surface area contributed by atoms with E-state index in [-0.39, 0.29) is 5.91 Å². The molecule has 2 aromatic heterocycles. The van der Waals surface area contributed by atoms with E-state index in [4.69, 9.17) is 0 Å². The number of thiophene rings is 1. The summed E-state index contributed by atoms with van der Waals surface area (Å²) in [7, 11) is 0. The Morgan fingerprint density at radius 3 is 2.89 bits per heavy atom. The summed E-state index contributed by atoms with van der Waals surface area (Å²) in [4.78, 5) is 18.7.